The van der Waals surface area contributed by atoms with E-state index in [1.807, 2.05) is 0 Å². The summed E-state index contributed by atoms with van der Waals surface area (Å²) >= 11 is 0. The minimum atomic E-state index is 0.897. The van der Waals surface area contributed by atoms with E-state index in [-0.39, 0.29) is 0 Å². The highest BCUT2D eigenvalue weighted by atomic mass is 15.2. The summed E-state index contributed by atoms with van der Waals surface area (Å²) in [6.45, 7) is 2.48. The Morgan fingerprint density at radius 3 is 2.69 bits per heavy atom. The summed E-state index contributed by atoms with van der Waals surface area (Å²) in [7, 11) is 0. The van der Waals surface area contributed by atoms with Gasteiger partial charge in [-0.2, -0.15) is 0 Å². The molecule has 1 saturated heterocycles. The summed E-state index contributed by atoms with van der Waals surface area (Å²) < 4.78 is 0. The molecule has 1 aromatic rings. The fraction of sp³-hybridized carbons (Fsp3) is 0.600. The third kappa shape index (κ3) is 2.01. The summed E-state index contributed by atoms with van der Waals surface area (Å²) in [5, 5.41) is 0. The molecule has 0 radical (unpaired) electrons. The van der Waals surface area contributed by atoms with Crippen molar-refractivity contribution in [2.75, 3.05) is 6.54 Å². The molecule has 0 N–H and O–H groups in total. The van der Waals surface area contributed by atoms with Crippen LogP contribution in [0.5, 0.6) is 0 Å². The van der Waals surface area contributed by atoms with Crippen LogP contribution in [0.3, 0.4) is 0 Å². The van der Waals surface area contributed by atoms with Crippen LogP contribution in [-0.4, -0.2) is 17.5 Å². The maximum absolute atomic E-state index is 2.73. The van der Waals surface area contributed by atoms with Gasteiger partial charge in [0.15, 0.2) is 0 Å². The molecule has 0 spiro atoms. The molecule has 2 aliphatic rings. The molecule has 1 nitrogen and oxygen atoms in total. The zero-order valence-electron chi connectivity index (χ0n) is 9.94. The zero-order chi connectivity index (χ0) is 10.8. The van der Waals surface area contributed by atoms with Crippen LogP contribution in [0.15, 0.2) is 30.3 Å². The Labute approximate surface area is 98.5 Å². The Morgan fingerprint density at radius 2 is 1.81 bits per heavy atom. The highest BCUT2D eigenvalue weighted by Crippen LogP contribution is 2.37. The Morgan fingerprint density at radius 1 is 1.00 bits per heavy atom. The predicted molar refractivity (Wildman–Crippen MR) is 67.2 cm³/mol. The lowest BCUT2D eigenvalue weighted by Gasteiger charge is -2.37. The summed E-state index contributed by atoms with van der Waals surface area (Å²) in [5.74, 6) is 1.01. The topological polar surface area (TPSA) is 3.24 Å². The van der Waals surface area contributed by atoms with Gasteiger partial charge in [0, 0.05) is 12.6 Å². The number of nitrogens with zero attached hydrogens (tertiary/aromatic N) is 1. The Kier molecular flexibility index (Phi) is 2.96. The van der Waals surface area contributed by atoms with E-state index in [1.54, 1.807) is 0 Å². The summed E-state index contributed by atoms with van der Waals surface area (Å²) in [6, 6.07) is 11.8. The van der Waals surface area contributed by atoms with Crippen molar-refractivity contribution in [2.24, 2.45) is 5.92 Å². The average Bonchev–Trinajstić information content (AvgIpc) is 2.80. The van der Waals surface area contributed by atoms with E-state index in [0.717, 1.165) is 12.0 Å². The molecule has 1 aliphatic carbocycles. The van der Waals surface area contributed by atoms with E-state index < -0.39 is 0 Å². The molecule has 86 valence electrons. The van der Waals surface area contributed by atoms with Crippen molar-refractivity contribution in [3.05, 3.63) is 35.9 Å². The minimum absolute atomic E-state index is 0.897. The lowest BCUT2D eigenvalue weighted by atomic mass is 9.91. The van der Waals surface area contributed by atoms with Crippen molar-refractivity contribution in [1.82, 2.24) is 4.90 Å². The number of fused-ring (bicyclic) bond motifs is 1. The van der Waals surface area contributed by atoms with Gasteiger partial charge in [-0.1, -0.05) is 36.8 Å². The standard InChI is InChI=1S/C15H21N/c1-2-6-13(7-3-1)12-16-11-5-9-14-8-4-10-15(14)16/h1-3,6-7,14-15H,4-5,8-12H2/t14-,15+/m1/s1. The van der Waals surface area contributed by atoms with Crippen molar-refractivity contribution in [3.63, 3.8) is 0 Å². The predicted octanol–water partition coefficient (Wildman–Crippen LogP) is 3.45. The monoisotopic (exact) mass is 215 g/mol. The van der Waals surface area contributed by atoms with Gasteiger partial charge in [-0.25, -0.2) is 0 Å². The van der Waals surface area contributed by atoms with Crippen LogP contribution >= 0.6 is 0 Å². The molecular formula is C15H21N. The average molecular weight is 215 g/mol. The minimum Gasteiger partial charge on any atom is -0.296 e. The Bertz CT molecular complexity index is 333. The highest BCUT2D eigenvalue weighted by molar-refractivity contribution is 5.14. The summed E-state index contributed by atoms with van der Waals surface area (Å²) in [6.07, 6.45) is 7.28. The van der Waals surface area contributed by atoms with Gasteiger partial charge in [-0.15, -0.1) is 0 Å². The summed E-state index contributed by atoms with van der Waals surface area (Å²) in [5.41, 5.74) is 1.48. The molecule has 1 saturated carbocycles. The number of hydrogen-bond acceptors (Lipinski definition) is 1. The van der Waals surface area contributed by atoms with Gasteiger partial charge in [0.05, 0.1) is 0 Å². The fourth-order valence-electron chi connectivity index (χ4n) is 3.57. The van der Waals surface area contributed by atoms with Crippen molar-refractivity contribution >= 4 is 0 Å². The van der Waals surface area contributed by atoms with Crippen LogP contribution in [-0.2, 0) is 6.54 Å². The molecule has 0 aromatic heterocycles. The second kappa shape index (κ2) is 4.58. The number of benzene rings is 1. The SMILES string of the molecule is c1ccc(CN2CCC[C@H]3CCC[C@@H]32)cc1. The van der Waals surface area contributed by atoms with Gasteiger partial charge in [-0.05, 0) is 43.7 Å². The maximum Gasteiger partial charge on any atom is 0.0236 e. The third-order valence-corrected chi connectivity index (χ3v) is 4.34. The van der Waals surface area contributed by atoms with Crippen LogP contribution in [0, 0.1) is 5.92 Å². The molecule has 0 amide bonds. The Balaban J connectivity index is 1.70. The molecule has 3 rings (SSSR count). The number of piperidine rings is 1. The van der Waals surface area contributed by atoms with Crippen LogP contribution < -0.4 is 0 Å². The van der Waals surface area contributed by atoms with E-state index in [4.69, 9.17) is 0 Å². The van der Waals surface area contributed by atoms with Crippen molar-refractivity contribution < 1.29 is 0 Å². The van der Waals surface area contributed by atoms with Gasteiger partial charge in [0.25, 0.3) is 0 Å². The first-order chi connectivity index (χ1) is 7.93. The smallest absolute Gasteiger partial charge is 0.0236 e. The van der Waals surface area contributed by atoms with Gasteiger partial charge in [0.2, 0.25) is 0 Å². The molecule has 2 atom stereocenters. The quantitative estimate of drug-likeness (QED) is 0.730. The van der Waals surface area contributed by atoms with Crippen LogP contribution in [0.25, 0.3) is 0 Å². The molecule has 1 heterocycles. The maximum atomic E-state index is 2.73. The number of rotatable bonds is 2. The lowest BCUT2D eigenvalue weighted by Crippen LogP contribution is -2.41. The molecule has 1 aromatic carbocycles. The van der Waals surface area contributed by atoms with E-state index in [9.17, 15) is 0 Å². The highest BCUT2D eigenvalue weighted by Gasteiger charge is 2.34. The summed E-state index contributed by atoms with van der Waals surface area (Å²) in [4.78, 5) is 2.73. The van der Waals surface area contributed by atoms with Gasteiger partial charge in [-0.3, -0.25) is 4.90 Å². The van der Waals surface area contributed by atoms with Gasteiger partial charge in [0.1, 0.15) is 0 Å². The molecule has 2 fully saturated rings. The second-order valence-electron chi connectivity index (χ2n) is 5.36. The van der Waals surface area contributed by atoms with Crippen LogP contribution in [0.4, 0.5) is 0 Å². The van der Waals surface area contributed by atoms with E-state index in [0.29, 0.717) is 0 Å². The third-order valence-electron chi connectivity index (χ3n) is 4.34. The molecule has 0 bridgehead atoms. The lowest BCUT2D eigenvalue weighted by molar-refractivity contribution is 0.106. The van der Waals surface area contributed by atoms with E-state index in [1.165, 1.54) is 50.8 Å². The van der Waals surface area contributed by atoms with Gasteiger partial charge >= 0.3 is 0 Å². The first-order valence-electron chi connectivity index (χ1n) is 6.71. The van der Waals surface area contributed by atoms with E-state index >= 15 is 0 Å². The molecule has 1 heteroatoms. The molecule has 0 unspecified atom stereocenters. The Hall–Kier alpha value is -0.820. The molecule has 1 aliphatic heterocycles. The number of likely N-dealkylation sites (tertiary alicyclic amines) is 1. The first-order valence-corrected chi connectivity index (χ1v) is 6.71. The largest absolute Gasteiger partial charge is 0.296 e. The van der Waals surface area contributed by atoms with Crippen LogP contribution in [0.2, 0.25) is 0 Å². The van der Waals surface area contributed by atoms with Crippen LogP contribution in [0.1, 0.15) is 37.7 Å². The zero-order valence-corrected chi connectivity index (χ0v) is 9.94. The number of hydrogen-bond donors (Lipinski definition) is 0. The van der Waals surface area contributed by atoms with Crippen molar-refractivity contribution in [2.45, 2.75) is 44.7 Å². The van der Waals surface area contributed by atoms with E-state index in [2.05, 4.69) is 35.2 Å². The molecule has 16 heavy (non-hydrogen) atoms. The normalized spacial score (nSPS) is 30.2. The molecular weight excluding hydrogens is 194 g/mol. The first kappa shape index (κ1) is 10.3. The van der Waals surface area contributed by atoms with Crippen molar-refractivity contribution in [3.8, 4) is 0 Å². The second-order valence-corrected chi connectivity index (χ2v) is 5.36. The van der Waals surface area contributed by atoms with Crippen molar-refractivity contribution in [1.29, 1.82) is 0 Å². The fourth-order valence-corrected chi connectivity index (χ4v) is 3.57. The van der Waals surface area contributed by atoms with Gasteiger partial charge < -0.3 is 0 Å².